The first-order valence-electron chi connectivity index (χ1n) is 20.3. The largest absolute Gasteiger partial charge is 0.478 e. The van der Waals surface area contributed by atoms with Gasteiger partial charge in [0.25, 0.3) is 10.0 Å². The number of nitrogens with zero attached hydrogens (tertiary/aromatic N) is 6. The van der Waals surface area contributed by atoms with Crippen LogP contribution in [0.25, 0.3) is 22.5 Å². The number of fused-ring (bicyclic) bond motifs is 6. The number of alkyl halides is 6. The molecular formula is C43H41F8N7O8S2. The number of anilines is 1. The molecule has 0 saturated heterocycles. The molecule has 364 valence electrons. The van der Waals surface area contributed by atoms with E-state index < -0.39 is 83.0 Å². The molecule has 15 nitrogen and oxygen atoms in total. The van der Waals surface area contributed by atoms with Crippen molar-refractivity contribution in [3.63, 3.8) is 0 Å². The number of rotatable bonds is 8. The molecule has 0 fully saturated rings. The predicted octanol–water partition coefficient (Wildman–Crippen LogP) is 8.25. The highest BCUT2D eigenvalue weighted by Crippen LogP contribution is 2.40. The molecule has 1 aliphatic rings. The Bertz CT molecular complexity index is 2860. The zero-order valence-corrected chi connectivity index (χ0v) is 37.0. The van der Waals surface area contributed by atoms with Gasteiger partial charge in [-0.25, -0.2) is 28.4 Å². The highest BCUT2D eigenvalue weighted by Gasteiger charge is 2.37. The molecule has 0 aromatic carbocycles. The van der Waals surface area contributed by atoms with Gasteiger partial charge in [-0.05, 0) is 105 Å². The summed E-state index contributed by atoms with van der Waals surface area (Å²) in [6.45, 7) is 1.04. The molecule has 68 heavy (non-hydrogen) atoms. The molecule has 0 amide bonds. The van der Waals surface area contributed by atoms with E-state index in [1.165, 1.54) is 42.6 Å². The number of sulfone groups is 1. The predicted molar refractivity (Wildman–Crippen MR) is 228 cm³/mol. The normalized spacial score (nSPS) is 13.9. The number of sulfonamides is 1. The average molecular weight is 1000 g/mol. The van der Waals surface area contributed by atoms with Crippen molar-refractivity contribution in [1.29, 1.82) is 0 Å². The number of aliphatic hydroxyl groups excluding tert-OH is 2. The molecule has 0 saturated carbocycles. The molecule has 0 spiro atoms. The van der Waals surface area contributed by atoms with Gasteiger partial charge >= 0.3 is 12.4 Å². The van der Waals surface area contributed by atoms with E-state index in [-0.39, 0.29) is 53.7 Å². The van der Waals surface area contributed by atoms with Gasteiger partial charge < -0.3 is 19.7 Å². The summed E-state index contributed by atoms with van der Waals surface area (Å²) in [6, 6.07) is 15.6. The van der Waals surface area contributed by atoms with Crippen LogP contribution >= 0.6 is 0 Å². The third-order valence-electron chi connectivity index (χ3n) is 9.15. The summed E-state index contributed by atoms with van der Waals surface area (Å²) in [4.78, 5) is 22.3. The number of aromatic nitrogens is 6. The van der Waals surface area contributed by atoms with E-state index in [1.807, 2.05) is 0 Å². The van der Waals surface area contributed by atoms with E-state index in [2.05, 4.69) is 34.6 Å². The number of aliphatic hydroxyl groups is 2. The number of halogens is 8. The van der Waals surface area contributed by atoms with E-state index in [1.54, 1.807) is 0 Å². The van der Waals surface area contributed by atoms with Crippen LogP contribution in [0.4, 0.5) is 40.9 Å². The molecule has 3 N–H and O–H groups in total. The summed E-state index contributed by atoms with van der Waals surface area (Å²) in [7, 11) is -8.45. The molecule has 6 aromatic heterocycles. The Kier molecular flexibility index (Phi) is 18.2. The van der Waals surface area contributed by atoms with E-state index in [9.17, 15) is 52.0 Å². The van der Waals surface area contributed by atoms with Gasteiger partial charge in [-0.15, -0.1) is 0 Å². The monoisotopic (exact) mass is 999 g/mol. The van der Waals surface area contributed by atoms with Crippen molar-refractivity contribution in [3.8, 4) is 34.3 Å². The van der Waals surface area contributed by atoms with E-state index in [0.717, 1.165) is 67.9 Å². The van der Waals surface area contributed by atoms with Gasteiger partial charge in [0.1, 0.15) is 5.82 Å². The van der Waals surface area contributed by atoms with Gasteiger partial charge in [0.15, 0.2) is 10.1 Å². The quantitative estimate of drug-likeness (QED) is 0.0744. The number of unbranched alkanes of at least 4 members (excludes halogenated alkanes) is 2. The summed E-state index contributed by atoms with van der Waals surface area (Å²) in [6.07, 6.45) is -2.59. The van der Waals surface area contributed by atoms with Gasteiger partial charge in [0.05, 0.1) is 58.3 Å². The molecule has 6 aromatic rings. The highest BCUT2D eigenvalue weighted by atomic mass is 32.2. The number of hydrogen-bond donors (Lipinski definition) is 3. The first-order chi connectivity index (χ1) is 32.2. The number of hydrogen-bond acceptors (Lipinski definition) is 14. The van der Waals surface area contributed by atoms with Crippen LogP contribution in [0, 0.1) is 11.9 Å². The Balaban J connectivity index is 0.000000225. The first kappa shape index (κ1) is 52.5. The van der Waals surface area contributed by atoms with Crippen molar-refractivity contribution in [2.24, 2.45) is 0 Å². The summed E-state index contributed by atoms with van der Waals surface area (Å²) in [5.41, 5.74) is -4.41. The van der Waals surface area contributed by atoms with Gasteiger partial charge in [0.2, 0.25) is 33.5 Å². The van der Waals surface area contributed by atoms with Crippen molar-refractivity contribution in [1.82, 2.24) is 29.9 Å². The molecule has 7 heterocycles. The molecule has 0 unspecified atom stereocenters. The smallest absolute Gasteiger partial charge is 0.418 e. The zero-order valence-electron chi connectivity index (χ0n) is 35.4. The lowest BCUT2D eigenvalue weighted by Gasteiger charge is -2.16. The van der Waals surface area contributed by atoms with Crippen molar-refractivity contribution < 1.29 is 71.6 Å². The van der Waals surface area contributed by atoms with Crippen LogP contribution in [0.15, 0.2) is 107 Å². The van der Waals surface area contributed by atoms with Gasteiger partial charge in [0, 0.05) is 31.7 Å². The Labute approximate surface area is 384 Å². The second kappa shape index (κ2) is 23.5. The Morgan fingerprint density at radius 3 is 1.91 bits per heavy atom. The average Bonchev–Trinajstić information content (AvgIpc) is 3.28. The summed E-state index contributed by atoms with van der Waals surface area (Å²) in [5, 5.41) is 15.5. The third kappa shape index (κ3) is 14.8. The van der Waals surface area contributed by atoms with Crippen LogP contribution in [-0.2, 0) is 38.0 Å². The second-order valence-corrected chi connectivity index (χ2v) is 17.8. The Hall–Kier alpha value is -6.44. The fraction of sp³-hybridized carbons (Fsp3) is 0.302. The fourth-order valence-electron chi connectivity index (χ4n) is 5.99. The molecule has 4 bridgehead atoms. The SMILES string of the molecule is O=S(=O)(Cc1ccc(C(F)(F)F)c(-c2cccnc2F)n1)c1cccc(F)n1.O=S1(=O)Nc2ccc(C(F)(F)F)c(n2)-c2cccnc2OCCCCCOc2cccc1n2.OCCCCCO. The topological polar surface area (TPSA) is 217 Å². The van der Waals surface area contributed by atoms with Crippen molar-refractivity contribution in [2.45, 2.75) is 66.7 Å². The molecule has 1 aliphatic heterocycles. The Morgan fingerprint density at radius 1 is 0.647 bits per heavy atom. The summed E-state index contributed by atoms with van der Waals surface area (Å²) >= 11 is 0. The third-order valence-corrected chi connectivity index (χ3v) is 11.9. The Morgan fingerprint density at radius 2 is 1.26 bits per heavy atom. The van der Waals surface area contributed by atoms with Gasteiger partial charge in [-0.1, -0.05) is 12.1 Å². The minimum Gasteiger partial charge on any atom is -0.478 e. The van der Waals surface area contributed by atoms with Crippen LogP contribution < -0.4 is 14.2 Å². The van der Waals surface area contributed by atoms with Crippen molar-refractivity contribution >= 4 is 25.7 Å². The van der Waals surface area contributed by atoms with E-state index in [0.29, 0.717) is 31.9 Å². The number of nitrogens with one attached hydrogen (secondary N) is 1. The fourth-order valence-corrected chi connectivity index (χ4v) is 8.16. The maximum atomic E-state index is 13.9. The van der Waals surface area contributed by atoms with Crippen LogP contribution in [0.3, 0.4) is 0 Å². The van der Waals surface area contributed by atoms with E-state index in [4.69, 9.17) is 19.7 Å². The van der Waals surface area contributed by atoms with Crippen LogP contribution in [0.1, 0.15) is 55.3 Å². The van der Waals surface area contributed by atoms with Crippen molar-refractivity contribution in [2.75, 3.05) is 31.1 Å². The van der Waals surface area contributed by atoms with Crippen LogP contribution in [-0.4, -0.2) is 83.4 Å². The highest BCUT2D eigenvalue weighted by molar-refractivity contribution is 7.92. The lowest BCUT2D eigenvalue weighted by Crippen LogP contribution is -2.17. The maximum absolute atomic E-state index is 13.9. The molecule has 0 radical (unpaired) electrons. The van der Waals surface area contributed by atoms with E-state index >= 15 is 0 Å². The van der Waals surface area contributed by atoms with Crippen molar-refractivity contribution in [3.05, 3.63) is 126 Å². The van der Waals surface area contributed by atoms with Gasteiger partial charge in [-0.3, -0.25) is 9.71 Å². The lowest BCUT2D eigenvalue weighted by atomic mass is 10.1. The number of ether oxygens (including phenoxy) is 2. The zero-order chi connectivity index (χ0) is 49.5. The molecule has 7 rings (SSSR count). The maximum Gasteiger partial charge on any atom is 0.418 e. The minimum absolute atomic E-state index is 0.00125. The second-order valence-electron chi connectivity index (χ2n) is 14.2. The molecule has 25 heteroatoms. The lowest BCUT2D eigenvalue weighted by molar-refractivity contribution is -0.138. The molecule has 0 atom stereocenters. The number of pyridine rings is 6. The summed E-state index contributed by atoms with van der Waals surface area (Å²) < 4.78 is 172. The molecule has 0 aliphatic carbocycles. The summed E-state index contributed by atoms with van der Waals surface area (Å²) in [5.74, 6) is -3.28. The molecular weight excluding hydrogens is 959 g/mol. The van der Waals surface area contributed by atoms with Gasteiger partial charge in [-0.2, -0.15) is 48.5 Å². The standard InChI is InChI=1S/C21H19F3N4O4S.C17H10F5N3O2S.C5H12O2/c22-21(23,24)15-9-10-16-26-19(15)14-6-5-11-25-20(14)32-13-3-1-2-12-31-17-7-4-8-18(27-17)33(29,30)28-16;18-13-4-1-5-14(25-13)28(26,27)9-10-6-7-12(17(20,21)22)15(24-10)11-3-2-8-23-16(11)19;6-4-2-1-3-5-7/h4-11H,1-3,12-13H2,(H,26,28);1-8H,9H2;6-7H,1-5H2. The van der Waals surface area contributed by atoms with Crippen LogP contribution in [0.5, 0.6) is 11.8 Å². The minimum atomic E-state index is -4.86. The van der Waals surface area contributed by atoms with Crippen LogP contribution in [0.2, 0.25) is 0 Å². The first-order valence-corrected chi connectivity index (χ1v) is 23.4.